The number of ether oxygens (including phenoxy) is 1. The van der Waals surface area contributed by atoms with E-state index in [1.165, 1.54) is 17.9 Å². The summed E-state index contributed by atoms with van der Waals surface area (Å²) in [6.07, 6.45) is 0.295. The van der Waals surface area contributed by atoms with Crippen molar-refractivity contribution in [2.45, 2.75) is 32.3 Å². The zero-order valence-electron chi connectivity index (χ0n) is 16.0. The summed E-state index contributed by atoms with van der Waals surface area (Å²) >= 11 is 0. The molecule has 0 unspecified atom stereocenters. The molecule has 28 heavy (non-hydrogen) atoms. The minimum Gasteiger partial charge on any atom is -0.452 e. The number of likely N-dealkylation sites (N-methyl/N-ethyl adjacent to an activating group) is 1. The Bertz CT molecular complexity index is 768. The van der Waals surface area contributed by atoms with Crippen molar-refractivity contribution in [3.63, 3.8) is 0 Å². The number of carbonyl (C=O) groups is 2. The van der Waals surface area contributed by atoms with Gasteiger partial charge in [-0.1, -0.05) is 12.1 Å². The van der Waals surface area contributed by atoms with Gasteiger partial charge in [0.2, 0.25) is 0 Å². The van der Waals surface area contributed by atoms with Crippen LogP contribution in [0.3, 0.4) is 0 Å². The molecule has 1 aromatic rings. The van der Waals surface area contributed by atoms with Crippen LogP contribution in [0.2, 0.25) is 0 Å². The Labute approximate surface area is 163 Å². The van der Waals surface area contributed by atoms with Crippen LogP contribution in [0.1, 0.15) is 26.2 Å². The highest BCUT2D eigenvalue weighted by Crippen LogP contribution is 2.31. The molecule has 9 heteroatoms. The summed E-state index contributed by atoms with van der Waals surface area (Å²) in [7, 11) is 1.56. The Morgan fingerprint density at radius 2 is 2.04 bits per heavy atom. The summed E-state index contributed by atoms with van der Waals surface area (Å²) in [4.78, 5) is 38.6. The topological polar surface area (TPSA) is 117 Å². The van der Waals surface area contributed by atoms with Gasteiger partial charge in [0.25, 0.3) is 11.6 Å². The Morgan fingerprint density at radius 1 is 1.39 bits per heavy atom. The highest BCUT2D eigenvalue weighted by molar-refractivity contribution is 5.84. The fourth-order valence-corrected chi connectivity index (χ4v) is 3.20. The number of nitro benzene ring substituents is 1. The third kappa shape index (κ3) is 5.19. The summed E-state index contributed by atoms with van der Waals surface area (Å²) in [5.41, 5.74) is 0.588. The highest BCUT2D eigenvalue weighted by atomic mass is 16.6. The largest absolute Gasteiger partial charge is 0.452 e. The van der Waals surface area contributed by atoms with Gasteiger partial charge >= 0.3 is 5.97 Å². The molecule has 1 amide bonds. The van der Waals surface area contributed by atoms with E-state index in [-0.39, 0.29) is 30.5 Å². The second-order valence-corrected chi connectivity index (χ2v) is 6.75. The van der Waals surface area contributed by atoms with Gasteiger partial charge in [0, 0.05) is 32.7 Å². The summed E-state index contributed by atoms with van der Waals surface area (Å²) in [5.74, 6) is -1.13. The van der Waals surface area contributed by atoms with Crippen molar-refractivity contribution in [2.24, 2.45) is 5.92 Å². The number of para-hydroxylation sites is 2. The predicted octanol–water partition coefficient (Wildman–Crippen LogP) is 2.11. The molecule has 150 valence electrons. The molecule has 0 aliphatic carbocycles. The second-order valence-electron chi connectivity index (χ2n) is 6.75. The molecule has 0 aromatic heterocycles. The molecule has 9 nitrogen and oxygen atoms in total. The lowest BCUT2D eigenvalue weighted by Crippen LogP contribution is -2.41. The molecule has 1 saturated heterocycles. The summed E-state index contributed by atoms with van der Waals surface area (Å²) in [5, 5.41) is 19.8. The van der Waals surface area contributed by atoms with Gasteiger partial charge in [-0.15, -0.1) is 0 Å². The number of nitriles is 1. The van der Waals surface area contributed by atoms with Gasteiger partial charge in [0.15, 0.2) is 6.10 Å². The highest BCUT2D eigenvalue weighted by Gasteiger charge is 2.31. The summed E-state index contributed by atoms with van der Waals surface area (Å²) in [6.45, 7) is 2.79. The molecular formula is C19H24N4O5. The molecule has 1 heterocycles. The quantitative estimate of drug-likeness (QED) is 0.399. The molecule has 0 bridgehead atoms. The van der Waals surface area contributed by atoms with Crippen LogP contribution in [0.4, 0.5) is 11.4 Å². The molecule has 0 spiro atoms. The van der Waals surface area contributed by atoms with Crippen molar-refractivity contribution in [1.82, 2.24) is 4.90 Å². The standard InChI is InChI=1S/C19H24N4O5/c1-14(18(24)21(2)11-5-10-20)28-19(25)15-8-12-22(13-9-15)16-6-3-4-7-17(16)23(26)27/h3-4,6-7,14-15H,5,8-9,11-13H2,1-2H3/t14-/m1/s1. The number of hydrogen-bond donors (Lipinski definition) is 0. The maximum Gasteiger partial charge on any atom is 0.309 e. The zero-order chi connectivity index (χ0) is 20.7. The monoisotopic (exact) mass is 388 g/mol. The number of rotatable bonds is 7. The van der Waals surface area contributed by atoms with Crippen LogP contribution in [0.25, 0.3) is 0 Å². The average Bonchev–Trinajstić information content (AvgIpc) is 2.71. The lowest BCUT2D eigenvalue weighted by Gasteiger charge is -2.32. The molecule has 1 atom stereocenters. The molecule has 1 aromatic carbocycles. The molecule has 0 saturated carbocycles. The number of amides is 1. The van der Waals surface area contributed by atoms with Crippen molar-refractivity contribution in [1.29, 1.82) is 5.26 Å². The lowest BCUT2D eigenvalue weighted by atomic mass is 9.96. The number of anilines is 1. The van der Waals surface area contributed by atoms with Gasteiger partial charge in [-0.05, 0) is 25.8 Å². The van der Waals surface area contributed by atoms with Gasteiger partial charge in [0.1, 0.15) is 5.69 Å². The minimum absolute atomic E-state index is 0.0446. The fraction of sp³-hybridized carbons (Fsp3) is 0.526. The fourth-order valence-electron chi connectivity index (χ4n) is 3.20. The number of carbonyl (C=O) groups excluding carboxylic acids is 2. The van der Waals surface area contributed by atoms with Crippen molar-refractivity contribution in [2.75, 3.05) is 31.6 Å². The van der Waals surface area contributed by atoms with Gasteiger partial charge < -0.3 is 14.5 Å². The average molecular weight is 388 g/mol. The van der Waals surface area contributed by atoms with Crippen molar-refractivity contribution in [3.05, 3.63) is 34.4 Å². The Hall–Kier alpha value is -3.15. The number of hydrogen-bond acceptors (Lipinski definition) is 7. The molecule has 1 aliphatic heterocycles. The van der Waals surface area contributed by atoms with E-state index in [2.05, 4.69) is 0 Å². The normalized spacial score (nSPS) is 15.4. The molecule has 1 fully saturated rings. The first-order valence-electron chi connectivity index (χ1n) is 9.16. The van der Waals surface area contributed by atoms with Crippen LogP contribution < -0.4 is 4.90 Å². The van der Waals surface area contributed by atoms with Crippen LogP contribution >= 0.6 is 0 Å². The van der Waals surface area contributed by atoms with Gasteiger partial charge in [-0.2, -0.15) is 5.26 Å². The Balaban J connectivity index is 1.89. The van der Waals surface area contributed by atoms with Crippen LogP contribution in [-0.2, 0) is 14.3 Å². The first-order valence-corrected chi connectivity index (χ1v) is 9.16. The Kier molecular flexibility index (Phi) is 7.32. The zero-order valence-corrected chi connectivity index (χ0v) is 16.0. The molecule has 0 N–H and O–H groups in total. The lowest BCUT2D eigenvalue weighted by molar-refractivity contribution is -0.384. The number of esters is 1. The molecule has 0 radical (unpaired) electrons. The van der Waals surface area contributed by atoms with E-state index >= 15 is 0 Å². The SMILES string of the molecule is C[C@@H](OC(=O)C1CCN(c2ccccc2[N+](=O)[O-])CC1)C(=O)N(C)CCC#N. The van der Waals surface area contributed by atoms with Crippen molar-refractivity contribution >= 4 is 23.3 Å². The van der Waals surface area contributed by atoms with Crippen LogP contribution in [0, 0.1) is 27.4 Å². The van der Waals surface area contributed by atoms with Crippen LogP contribution in [-0.4, -0.2) is 54.5 Å². The van der Waals surface area contributed by atoms with Crippen LogP contribution in [0.5, 0.6) is 0 Å². The molecule has 1 aliphatic rings. The third-order valence-electron chi connectivity index (χ3n) is 4.82. The van der Waals surface area contributed by atoms with Gasteiger partial charge in [0.05, 0.1) is 23.3 Å². The maximum absolute atomic E-state index is 12.4. The Morgan fingerprint density at radius 3 is 2.64 bits per heavy atom. The number of nitro groups is 1. The van der Waals surface area contributed by atoms with Crippen molar-refractivity contribution in [3.8, 4) is 6.07 Å². The van der Waals surface area contributed by atoms with Gasteiger partial charge in [-0.25, -0.2) is 0 Å². The third-order valence-corrected chi connectivity index (χ3v) is 4.82. The summed E-state index contributed by atoms with van der Waals surface area (Å²) in [6, 6.07) is 8.50. The van der Waals surface area contributed by atoms with Crippen molar-refractivity contribution < 1.29 is 19.2 Å². The van der Waals surface area contributed by atoms with Gasteiger partial charge in [-0.3, -0.25) is 19.7 Å². The van der Waals surface area contributed by atoms with E-state index in [1.54, 1.807) is 25.2 Å². The van der Waals surface area contributed by atoms with E-state index in [1.807, 2.05) is 11.0 Å². The van der Waals surface area contributed by atoms with E-state index in [0.29, 0.717) is 31.6 Å². The maximum atomic E-state index is 12.4. The second kappa shape index (κ2) is 9.69. The predicted molar refractivity (Wildman–Crippen MR) is 101 cm³/mol. The van der Waals surface area contributed by atoms with E-state index in [9.17, 15) is 19.7 Å². The number of nitrogens with zero attached hydrogens (tertiary/aromatic N) is 4. The molecular weight excluding hydrogens is 364 g/mol. The first kappa shape index (κ1) is 21.2. The van der Waals surface area contributed by atoms with Crippen LogP contribution in [0.15, 0.2) is 24.3 Å². The first-order chi connectivity index (χ1) is 13.3. The van der Waals surface area contributed by atoms with E-state index < -0.39 is 17.0 Å². The molecule has 2 rings (SSSR count). The smallest absolute Gasteiger partial charge is 0.309 e. The van der Waals surface area contributed by atoms with E-state index in [4.69, 9.17) is 10.00 Å². The number of piperidine rings is 1. The van der Waals surface area contributed by atoms with E-state index in [0.717, 1.165) is 0 Å². The number of benzene rings is 1. The minimum atomic E-state index is -0.913. The summed E-state index contributed by atoms with van der Waals surface area (Å²) < 4.78 is 5.32.